The minimum Gasteiger partial charge on any atom is -0.288 e. The molecule has 0 radical (unpaired) electrons. The van der Waals surface area contributed by atoms with E-state index in [0.29, 0.717) is 0 Å². The van der Waals surface area contributed by atoms with E-state index in [1.54, 1.807) is 0 Å². The third-order valence-electron chi connectivity index (χ3n) is 1.48. The molecular weight excluding hydrogens is 232 g/mol. The van der Waals surface area contributed by atoms with Gasteiger partial charge in [0.1, 0.15) is 36.4 Å². The summed E-state index contributed by atoms with van der Waals surface area (Å²) < 4.78 is 0. The molecule has 0 atom stereocenters. The van der Waals surface area contributed by atoms with Gasteiger partial charge < -0.3 is 0 Å². The molecule has 0 unspecified atom stereocenters. The van der Waals surface area contributed by atoms with Gasteiger partial charge in [-0.1, -0.05) is 0 Å². The highest BCUT2D eigenvalue weighted by molar-refractivity contribution is 5.47. The highest BCUT2D eigenvalue weighted by atomic mass is 15.4. The molecule has 0 amide bonds. The van der Waals surface area contributed by atoms with Crippen molar-refractivity contribution in [1.82, 2.24) is 10.9 Å². The molecule has 0 aromatic heterocycles. The van der Waals surface area contributed by atoms with Gasteiger partial charge in [-0.3, -0.25) is 10.9 Å². The van der Waals surface area contributed by atoms with Crippen molar-refractivity contribution in [2.75, 3.05) is 0 Å². The minimum absolute atomic E-state index is 0.428. The van der Waals surface area contributed by atoms with Gasteiger partial charge in [-0.15, -0.1) is 0 Å². The Hall–Kier alpha value is -3.98. The molecule has 8 heteroatoms. The average molecular weight is 234 g/mol. The number of nitriles is 6. The molecule has 0 bridgehead atoms. The summed E-state index contributed by atoms with van der Waals surface area (Å²) >= 11 is 0. The number of hydrogen-bond donors (Lipinski definition) is 2. The summed E-state index contributed by atoms with van der Waals surface area (Å²) in [5.74, 6) is 0. The topological polar surface area (TPSA) is 167 Å². The number of hydrogen-bond acceptors (Lipinski definition) is 8. The number of nitrogens with one attached hydrogen (secondary N) is 2. The minimum atomic E-state index is -0.502. The molecule has 18 heavy (non-hydrogen) atoms. The molecule has 0 aliphatic rings. The van der Waals surface area contributed by atoms with Crippen LogP contribution in [-0.4, -0.2) is 0 Å². The lowest BCUT2D eigenvalue weighted by atomic mass is 10.2. The van der Waals surface area contributed by atoms with E-state index in [1.807, 2.05) is 0 Å². The molecule has 0 aromatic carbocycles. The van der Waals surface area contributed by atoms with Crippen LogP contribution >= 0.6 is 0 Å². The lowest BCUT2D eigenvalue weighted by Crippen LogP contribution is -2.31. The lowest BCUT2D eigenvalue weighted by Gasteiger charge is -2.05. The van der Waals surface area contributed by atoms with Gasteiger partial charge in [0, 0.05) is 0 Å². The van der Waals surface area contributed by atoms with Gasteiger partial charge in [-0.2, -0.15) is 31.6 Å². The Morgan fingerprint density at radius 1 is 0.500 bits per heavy atom. The van der Waals surface area contributed by atoms with Crippen molar-refractivity contribution in [2.45, 2.75) is 0 Å². The molecule has 0 aliphatic carbocycles. The maximum absolute atomic E-state index is 8.66. The predicted molar refractivity (Wildman–Crippen MR) is 54.0 cm³/mol. The van der Waals surface area contributed by atoms with E-state index in [1.165, 1.54) is 36.4 Å². The van der Waals surface area contributed by atoms with Gasteiger partial charge in [-0.25, -0.2) is 0 Å². The van der Waals surface area contributed by atoms with E-state index in [0.717, 1.165) is 0 Å². The highest BCUT2D eigenvalue weighted by Gasteiger charge is 2.08. The first kappa shape index (κ1) is 14.0. The lowest BCUT2D eigenvalue weighted by molar-refractivity contribution is 0.720. The number of nitrogens with zero attached hydrogens (tertiary/aromatic N) is 6. The summed E-state index contributed by atoms with van der Waals surface area (Å²) in [6.07, 6.45) is 0. The maximum atomic E-state index is 8.66. The van der Waals surface area contributed by atoms with E-state index in [-0.39, 0.29) is 0 Å². The molecule has 0 saturated carbocycles. The third kappa shape index (κ3) is 3.30. The van der Waals surface area contributed by atoms with Crippen LogP contribution in [0.5, 0.6) is 0 Å². The zero-order valence-electron chi connectivity index (χ0n) is 8.68. The molecule has 0 aliphatic heterocycles. The fraction of sp³-hybridized carbons (Fsp3) is 0. The van der Waals surface area contributed by atoms with E-state index in [2.05, 4.69) is 10.9 Å². The molecule has 82 valence electrons. The molecule has 0 saturated heterocycles. The van der Waals surface area contributed by atoms with Crippen LogP contribution < -0.4 is 10.9 Å². The monoisotopic (exact) mass is 234 g/mol. The molecule has 0 heterocycles. The molecule has 0 fully saturated rings. The highest BCUT2D eigenvalue weighted by Crippen LogP contribution is 1.99. The zero-order valence-corrected chi connectivity index (χ0v) is 8.68. The van der Waals surface area contributed by atoms with Crippen LogP contribution in [0.1, 0.15) is 0 Å². The van der Waals surface area contributed by atoms with Gasteiger partial charge >= 0.3 is 0 Å². The fourth-order valence-electron chi connectivity index (χ4n) is 0.691. The van der Waals surface area contributed by atoms with Crippen LogP contribution in [-0.2, 0) is 0 Å². The van der Waals surface area contributed by atoms with Gasteiger partial charge in [-0.05, 0) is 0 Å². The van der Waals surface area contributed by atoms with Crippen LogP contribution in [0.25, 0.3) is 0 Å². The largest absolute Gasteiger partial charge is 0.288 e. The first-order valence-electron chi connectivity index (χ1n) is 4.09. The Balaban J connectivity index is 5.26. The number of rotatable bonds is 3. The molecule has 0 spiro atoms. The van der Waals surface area contributed by atoms with Crippen LogP contribution in [0.4, 0.5) is 0 Å². The Morgan fingerprint density at radius 2 is 0.778 bits per heavy atom. The average Bonchev–Trinajstić information content (AvgIpc) is 2.42. The predicted octanol–water partition coefficient (Wildman–Crippen LogP) is -0.270. The van der Waals surface area contributed by atoms with E-state index >= 15 is 0 Å². The standard InChI is InChI=1S/C10H2N8/c11-1-7(2-12)9(5-15)17-18-10(6-16)8(3-13)4-14/h17-18H. The zero-order chi connectivity index (χ0) is 14.0. The van der Waals surface area contributed by atoms with E-state index < -0.39 is 22.5 Å². The van der Waals surface area contributed by atoms with Gasteiger partial charge in [0.25, 0.3) is 0 Å². The summed E-state index contributed by atoms with van der Waals surface area (Å²) in [6.45, 7) is 0. The van der Waals surface area contributed by atoms with Gasteiger partial charge in [0.15, 0.2) is 22.5 Å². The first-order chi connectivity index (χ1) is 8.68. The second kappa shape index (κ2) is 7.33. The van der Waals surface area contributed by atoms with Crippen molar-refractivity contribution >= 4 is 0 Å². The van der Waals surface area contributed by atoms with Crippen LogP contribution in [0, 0.1) is 68.0 Å². The summed E-state index contributed by atoms with van der Waals surface area (Å²) in [5, 5.41) is 51.4. The van der Waals surface area contributed by atoms with Crippen molar-refractivity contribution in [3.05, 3.63) is 22.5 Å². The third-order valence-corrected chi connectivity index (χ3v) is 1.48. The SMILES string of the molecule is N#CC(C#N)=C(C#N)NNC(C#N)=C(C#N)C#N. The van der Waals surface area contributed by atoms with Crippen molar-refractivity contribution in [1.29, 1.82) is 31.6 Å². The van der Waals surface area contributed by atoms with Gasteiger partial charge in [0.2, 0.25) is 0 Å². The molecule has 0 aromatic rings. The van der Waals surface area contributed by atoms with Crippen molar-refractivity contribution in [3.8, 4) is 36.4 Å². The summed E-state index contributed by atoms with van der Waals surface area (Å²) in [4.78, 5) is 0. The molecular formula is C10H2N8. The van der Waals surface area contributed by atoms with E-state index in [9.17, 15) is 0 Å². The number of allylic oxidation sites excluding steroid dienone is 4. The molecule has 0 rings (SSSR count). The van der Waals surface area contributed by atoms with Crippen LogP contribution in [0.15, 0.2) is 22.5 Å². The quantitative estimate of drug-likeness (QED) is 0.496. The molecule has 8 nitrogen and oxygen atoms in total. The maximum Gasteiger partial charge on any atom is 0.165 e. The smallest absolute Gasteiger partial charge is 0.165 e. The Labute approximate surface area is 102 Å². The second-order valence-electron chi connectivity index (χ2n) is 2.42. The Kier molecular flexibility index (Phi) is 5.71. The van der Waals surface area contributed by atoms with Crippen molar-refractivity contribution in [3.63, 3.8) is 0 Å². The first-order valence-corrected chi connectivity index (χ1v) is 4.09. The fourth-order valence-corrected chi connectivity index (χ4v) is 0.691. The second-order valence-corrected chi connectivity index (χ2v) is 2.42. The van der Waals surface area contributed by atoms with Crippen molar-refractivity contribution < 1.29 is 0 Å². The van der Waals surface area contributed by atoms with Crippen LogP contribution in [0.2, 0.25) is 0 Å². The normalized spacial score (nSPS) is 6.56. The van der Waals surface area contributed by atoms with Crippen molar-refractivity contribution in [2.24, 2.45) is 0 Å². The Morgan fingerprint density at radius 3 is 0.944 bits per heavy atom. The Bertz CT molecular complexity index is 562. The summed E-state index contributed by atoms with van der Waals surface area (Å²) in [5.41, 5.74) is 2.37. The molecule has 2 N–H and O–H groups in total. The number of hydrazine groups is 1. The summed E-state index contributed by atoms with van der Waals surface area (Å²) in [7, 11) is 0. The van der Waals surface area contributed by atoms with E-state index in [4.69, 9.17) is 31.6 Å². The van der Waals surface area contributed by atoms with Gasteiger partial charge in [0.05, 0.1) is 0 Å². The van der Waals surface area contributed by atoms with Crippen LogP contribution in [0.3, 0.4) is 0 Å². The summed E-state index contributed by atoms with van der Waals surface area (Å²) in [6, 6.07) is 8.91.